The molecule has 0 rings (SSSR count). The zero-order chi connectivity index (χ0) is 14.7. The number of ether oxygens (including phenoxy) is 1. The number of hydrogen-bond acceptors (Lipinski definition) is 3. The third-order valence-corrected chi connectivity index (χ3v) is 2.77. The molecule has 5 heteroatoms. The Bertz CT molecular complexity index is 317. The van der Waals surface area contributed by atoms with Gasteiger partial charge in [0.25, 0.3) is 0 Å². The van der Waals surface area contributed by atoms with Crippen LogP contribution in [-0.2, 0) is 9.53 Å². The standard InChI is InChI=1S/C13H26N2O3/c1-9(13(5,6)10(16)15(7)8)14-11(17)18-12(2,3)4/h9H,1-8H3,(H,14,17). The van der Waals surface area contributed by atoms with E-state index in [2.05, 4.69) is 5.32 Å². The monoisotopic (exact) mass is 258 g/mol. The fraction of sp³-hybridized carbons (Fsp3) is 0.846. The Kier molecular flexibility index (Phi) is 5.20. The average Bonchev–Trinajstić information content (AvgIpc) is 2.12. The lowest BCUT2D eigenvalue weighted by Gasteiger charge is -2.33. The van der Waals surface area contributed by atoms with Gasteiger partial charge in [-0.3, -0.25) is 4.79 Å². The second-order valence-electron chi connectivity index (χ2n) is 6.29. The van der Waals surface area contributed by atoms with E-state index >= 15 is 0 Å². The molecule has 0 saturated heterocycles. The number of carbonyl (C=O) groups excluding carboxylic acids is 2. The van der Waals surface area contributed by atoms with Crippen LogP contribution in [0.4, 0.5) is 4.79 Å². The quantitative estimate of drug-likeness (QED) is 0.842. The molecule has 0 aliphatic heterocycles. The molecule has 0 aromatic rings. The average molecular weight is 258 g/mol. The first kappa shape index (κ1) is 16.7. The maximum Gasteiger partial charge on any atom is 0.407 e. The highest BCUT2D eigenvalue weighted by atomic mass is 16.6. The number of carbonyl (C=O) groups is 2. The molecule has 1 atom stereocenters. The van der Waals surface area contributed by atoms with Crippen LogP contribution in [0.5, 0.6) is 0 Å². The topological polar surface area (TPSA) is 58.6 Å². The Hall–Kier alpha value is -1.26. The van der Waals surface area contributed by atoms with Gasteiger partial charge in [-0.15, -0.1) is 0 Å². The summed E-state index contributed by atoms with van der Waals surface area (Å²) < 4.78 is 5.17. The smallest absolute Gasteiger partial charge is 0.407 e. The fourth-order valence-electron chi connectivity index (χ4n) is 1.43. The van der Waals surface area contributed by atoms with Crippen LogP contribution in [0.1, 0.15) is 41.5 Å². The molecule has 0 aromatic heterocycles. The third-order valence-electron chi connectivity index (χ3n) is 2.77. The van der Waals surface area contributed by atoms with Crippen molar-refractivity contribution in [3.63, 3.8) is 0 Å². The Morgan fingerprint density at radius 2 is 1.56 bits per heavy atom. The van der Waals surface area contributed by atoms with E-state index in [1.165, 1.54) is 4.90 Å². The van der Waals surface area contributed by atoms with E-state index in [1.54, 1.807) is 55.6 Å². The molecule has 0 fully saturated rings. The summed E-state index contributed by atoms with van der Waals surface area (Å²) in [6.45, 7) is 10.8. The SMILES string of the molecule is CC(NC(=O)OC(C)(C)C)C(C)(C)C(=O)N(C)C. The van der Waals surface area contributed by atoms with Crippen molar-refractivity contribution in [2.24, 2.45) is 5.41 Å². The van der Waals surface area contributed by atoms with Crippen LogP contribution < -0.4 is 5.32 Å². The summed E-state index contributed by atoms with van der Waals surface area (Å²) in [6, 6.07) is -0.317. The lowest BCUT2D eigenvalue weighted by Crippen LogP contribution is -2.51. The zero-order valence-corrected chi connectivity index (χ0v) is 12.7. The summed E-state index contributed by atoms with van der Waals surface area (Å²) in [4.78, 5) is 25.2. The van der Waals surface area contributed by atoms with Gasteiger partial charge in [-0.1, -0.05) is 0 Å². The summed E-state index contributed by atoms with van der Waals surface area (Å²) in [5.74, 6) is -0.0361. The maximum atomic E-state index is 12.0. The summed E-state index contributed by atoms with van der Waals surface area (Å²) in [5, 5.41) is 2.70. The van der Waals surface area contributed by atoms with Crippen LogP contribution in [0, 0.1) is 5.41 Å². The Morgan fingerprint density at radius 1 is 1.11 bits per heavy atom. The molecule has 18 heavy (non-hydrogen) atoms. The van der Waals surface area contributed by atoms with Crippen molar-refractivity contribution in [2.75, 3.05) is 14.1 Å². The molecule has 1 unspecified atom stereocenters. The van der Waals surface area contributed by atoms with Crippen LogP contribution in [0.3, 0.4) is 0 Å². The first-order valence-corrected chi connectivity index (χ1v) is 6.09. The van der Waals surface area contributed by atoms with E-state index in [9.17, 15) is 9.59 Å². The first-order chi connectivity index (χ1) is 7.88. The summed E-state index contributed by atoms with van der Waals surface area (Å²) in [6.07, 6.45) is -0.505. The van der Waals surface area contributed by atoms with Gasteiger partial charge in [-0.05, 0) is 41.5 Å². The van der Waals surface area contributed by atoms with Crippen molar-refractivity contribution >= 4 is 12.0 Å². The highest BCUT2D eigenvalue weighted by Crippen LogP contribution is 2.23. The lowest BCUT2D eigenvalue weighted by atomic mass is 9.84. The molecule has 0 aliphatic carbocycles. The van der Waals surface area contributed by atoms with Gasteiger partial charge in [0.15, 0.2) is 0 Å². The molecule has 0 bridgehead atoms. The molecular weight excluding hydrogens is 232 g/mol. The number of amides is 2. The molecule has 0 saturated carbocycles. The van der Waals surface area contributed by atoms with Crippen molar-refractivity contribution < 1.29 is 14.3 Å². The first-order valence-electron chi connectivity index (χ1n) is 6.09. The van der Waals surface area contributed by atoms with Gasteiger partial charge in [0.2, 0.25) is 5.91 Å². The number of nitrogens with one attached hydrogen (secondary N) is 1. The van der Waals surface area contributed by atoms with Gasteiger partial charge in [0.05, 0.1) is 5.41 Å². The molecule has 0 spiro atoms. The lowest BCUT2D eigenvalue weighted by molar-refractivity contribution is -0.138. The molecule has 0 aliphatic rings. The number of hydrogen-bond donors (Lipinski definition) is 1. The molecule has 0 aromatic carbocycles. The van der Waals surface area contributed by atoms with E-state index in [0.29, 0.717) is 0 Å². The minimum absolute atomic E-state index is 0.0361. The van der Waals surface area contributed by atoms with Crippen molar-refractivity contribution in [1.29, 1.82) is 0 Å². The normalized spacial score (nSPS) is 13.8. The Morgan fingerprint density at radius 3 is 1.89 bits per heavy atom. The summed E-state index contributed by atoms with van der Waals surface area (Å²) in [5.41, 5.74) is -1.22. The van der Waals surface area contributed by atoms with Crippen molar-refractivity contribution in [3.05, 3.63) is 0 Å². The van der Waals surface area contributed by atoms with Crippen molar-refractivity contribution in [2.45, 2.75) is 53.2 Å². The van der Waals surface area contributed by atoms with Crippen molar-refractivity contribution in [1.82, 2.24) is 10.2 Å². The van der Waals surface area contributed by atoms with Gasteiger partial charge >= 0.3 is 6.09 Å². The van der Waals surface area contributed by atoms with Crippen LogP contribution in [0.15, 0.2) is 0 Å². The predicted molar refractivity (Wildman–Crippen MR) is 71.3 cm³/mol. The van der Waals surface area contributed by atoms with E-state index in [-0.39, 0.29) is 11.9 Å². The number of rotatable bonds is 3. The molecule has 2 amide bonds. The molecular formula is C13H26N2O3. The van der Waals surface area contributed by atoms with Crippen LogP contribution in [0.2, 0.25) is 0 Å². The molecule has 0 heterocycles. The zero-order valence-electron chi connectivity index (χ0n) is 12.7. The largest absolute Gasteiger partial charge is 0.444 e. The number of nitrogens with zero attached hydrogens (tertiary/aromatic N) is 1. The Labute approximate surface area is 110 Å². The van der Waals surface area contributed by atoms with Gasteiger partial charge < -0.3 is 15.0 Å². The summed E-state index contributed by atoms with van der Waals surface area (Å²) >= 11 is 0. The maximum absolute atomic E-state index is 12.0. The van der Waals surface area contributed by atoms with Crippen LogP contribution >= 0.6 is 0 Å². The third kappa shape index (κ3) is 4.94. The highest BCUT2D eigenvalue weighted by Gasteiger charge is 2.36. The van der Waals surface area contributed by atoms with Gasteiger partial charge in [0, 0.05) is 20.1 Å². The second-order valence-corrected chi connectivity index (χ2v) is 6.29. The van der Waals surface area contributed by atoms with E-state index < -0.39 is 17.1 Å². The highest BCUT2D eigenvalue weighted by molar-refractivity contribution is 5.83. The molecule has 5 nitrogen and oxygen atoms in total. The summed E-state index contributed by atoms with van der Waals surface area (Å²) in [7, 11) is 3.40. The van der Waals surface area contributed by atoms with E-state index in [1.807, 2.05) is 0 Å². The predicted octanol–water partition coefficient (Wildman–Crippen LogP) is 2.01. The minimum atomic E-state index is -0.680. The van der Waals surface area contributed by atoms with Gasteiger partial charge in [-0.2, -0.15) is 0 Å². The number of alkyl carbamates (subject to hydrolysis) is 1. The Balaban J connectivity index is 4.62. The van der Waals surface area contributed by atoms with Crippen LogP contribution in [-0.4, -0.2) is 42.6 Å². The molecule has 1 N–H and O–H groups in total. The second kappa shape index (κ2) is 5.59. The van der Waals surface area contributed by atoms with E-state index in [4.69, 9.17) is 4.74 Å². The van der Waals surface area contributed by atoms with E-state index in [0.717, 1.165) is 0 Å². The fourth-order valence-corrected chi connectivity index (χ4v) is 1.43. The van der Waals surface area contributed by atoms with Gasteiger partial charge in [0.1, 0.15) is 5.60 Å². The van der Waals surface area contributed by atoms with Gasteiger partial charge in [-0.25, -0.2) is 4.79 Å². The minimum Gasteiger partial charge on any atom is -0.444 e. The molecule has 0 radical (unpaired) electrons. The van der Waals surface area contributed by atoms with Crippen LogP contribution in [0.25, 0.3) is 0 Å². The molecule has 106 valence electrons. The van der Waals surface area contributed by atoms with Crippen molar-refractivity contribution in [3.8, 4) is 0 Å².